The summed E-state index contributed by atoms with van der Waals surface area (Å²) in [7, 11) is 0. The van der Waals surface area contributed by atoms with Gasteiger partial charge in [-0.2, -0.15) is 0 Å². The second-order valence-corrected chi connectivity index (χ2v) is 0.905. The van der Waals surface area contributed by atoms with Crippen LogP contribution in [0.2, 0.25) is 0 Å². The lowest BCUT2D eigenvalue weighted by molar-refractivity contribution is 0.301. The average Bonchev–Trinajstić information content (AvgIpc) is 1.69. The van der Waals surface area contributed by atoms with Gasteiger partial charge < -0.3 is 4.84 Å². The monoisotopic (exact) mass is 97.1 g/mol. The van der Waals surface area contributed by atoms with Crippen molar-refractivity contribution in [1.82, 2.24) is 0 Å². The summed E-state index contributed by atoms with van der Waals surface area (Å²) >= 11 is 0. The molecule has 0 aromatic carbocycles. The molecule has 0 aliphatic heterocycles. The van der Waals surface area contributed by atoms with Crippen molar-refractivity contribution in [1.29, 1.82) is 0 Å². The molecule has 0 heterocycles. The maximum Gasteiger partial charge on any atom is 0.145 e. The van der Waals surface area contributed by atoms with Crippen molar-refractivity contribution in [3.8, 4) is 12.5 Å². The van der Waals surface area contributed by atoms with Gasteiger partial charge in [0.25, 0.3) is 0 Å². The van der Waals surface area contributed by atoms with E-state index in [-0.39, 0.29) is 0 Å². The van der Waals surface area contributed by atoms with Crippen LogP contribution in [0.1, 0.15) is 13.3 Å². The molecule has 0 fully saturated rings. The first-order chi connectivity index (χ1) is 3.41. The van der Waals surface area contributed by atoms with Crippen molar-refractivity contribution < 1.29 is 4.84 Å². The van der Waals surface area contributed by atoms with Gasteiger partial charge in [-0.25, -0.2) is 0 Å². The minimum absolute atomic E-state index is 0.849. The Morgan fingerprint density at radius 3 is 3.14 bits per heavy atom. The highest BCUT2D eigenvalue weighted by Crippen LogP contribution is 1.69. The van der Waals surface area contributed by atoms with Crippen molar-refractivity contribution >= 4 is 6.21 Å². The Morgan fingerprint density at radius 2 is 2.71 bits per heavy atom. The highest BCUT2D eigenvalue weighted by molar-refractivity contribution is 5.55. The summed E-state index contributed by atoms with van der Waals surface area (Å²) < 4.78 is 0. The second-order valence-electron chi connectivity index (χ2n) is 0.905. The predicted molar refractivity (Wildman–Crippen MR) is 28.7 cm³/mol. The smallest absolute Gasteiger partial charge is 0.145 e. The zero-order chi connectivity index (χ0) is 5.54. The van der Waals surface area contributed by atoms with E-state index in [9.17, 15) is 0 Å². The zero-order valence-electron chi connectivity index (χ0n) is 4.22. The lowest BCUT2D eigenvalue weighted by atomic mass is 10.6. The maximum atomic E-state index is 4.68. The Labute approximate surface area is 43.2 Å². The molecule has 0 radical (unpaired) electrons. The molecule has 38 valence electrons. The van der Waals surface area contributed by atoms with E-state index >= 15 is 0 Å². The van der Waals surface area contributed by atoms with E-state index in [1.807, 2.05) is 13.0 Å². The van der Waals surface area contributed by atoms with Gasteiger partial charge in [0, 0.05) is 6.21 Å². The van der Waals surface area contributed by atoms with E-state index in [4.69, 9.17) is 0 Å². The van der Waals surface area contributed by atoms with E-state index in [1.54, 1.807) is 6.21 Å². The van der Waals surface area contributed by atoms with Crippen molar-refractivity contribution in [3.05, 3.63) is 0 Å². The van der Waals surface area contributed by atoms with Crippen LogP contribution >= 0.6 is 0 Å². The molecule has 0 aliphatic carbocycles. The van der Waals surface area contributed by atoms with E-state index < -0.39 is 0 Å². The van der Waals surface area contributed by atoms with Crippen molar-refractivity contribution in [2.45, 2.75) is 13.3 Å². The highest BCUT2D eigenvalue weighted by atomic mass is 16.6. The molecule has 2 nitrogen and oxygen atoms in total. The number of rotatable bonds is 2. The molecule has 0 saturated heterocycles. The molecular weight excluding hydrogens is 90.1 g/mol. The van der Waals surface area contributed by atoms with Crippen LogP contribution < -0.4 is 0 Å². The second kappa shape index (κ2) is 5.03. The molecule has 0 unspecified atom stereocenters. The summed E-state index contributed by atoms with van der Waals surface area (Å²) in [5.41, 5.74) is 0. The van der Waals surface area contributed by atoms with E-state index in [0.717, 1.165) is 6.42 Å². The van der Waals surface area contributed by atoms with E-state index in [1.165, 1.54) is 0 Å². The number of hydrogen-bond acceptors (Lipinski definition) is 2. The summed E-state index contributed by atoms with van der Waals surface area (Å²) in [6, 6.07) is 0. The SMILES string of the molecule is C#CO/N=C/CC. The minimum atomic E-state index is 0.849. The molecule has 7 heavy (non-hydrogen) atoms. The van der Waals surface area contributed by atoms with Crippen molar-refractivity contribution in [2.75, 3.05) is 0 Å². The number of hydrogen-bond donors (Lipinski definition) is 0. The minimum Gasteiger partial charge on any atom is -0.304 e. The third-order valence-electron chi connectivity index (χ3n) is 0.363. The van der Waals surface area contributed by atoms with Crippen LogP contribution in [0.5, 0.6) is 0 Å². The largest absolute Gasteiger partial charge is 0.304 e. The predicted octanol–water partition coefficient (Wildman–Crippen LogP) is 0.990. The van der Waals surface area contributed by atoms with Crippen molar-refractivity contribution in [2.24, 2.45) is 5.16 Å². The molecule has 0 aromatic rings. The lowest BCUT2D eigenvalue weighted by Gasteiger charge is -1.76. The molecular formula is C5H7NO. The molecule has 0 atom stereocenters. The van der Waals surface area contributed by atoms with Gasteiger partial charge in [-0.05, 0) is 6.42 Å². The van der Waals surface area contributed by atoms with Crippen LogP contribution in [0, 0.1) is 12.5 Å². The van der Waals surface area contributed by atoms with Crippen LogP contribution in [0.4, 0.5) is 0 Å². The molecule has 2 heteroatoms. The molecule has 0 aromatic heterocycles. The van der Waals surface area contributed by atoms with Gasteiger partial charge in [-0.1, -0.05) is 18.5 Å². The van der Waals surface area contributed by atoms with E-state index in [2.05, 4.69) is 16.4 Å². The van der Waals surface area contributed by atoms with Gasteiger partial charge in [0.05, 0.1) is 0 Å². The van der Waals surface area contributed by atoms with Gasteiger partial charge in [0.1, 0.15) is 6.11 Å². The molecule has 0 bridgehead atoms. The van der Waals surface area contributed by atoms with E-state index in [0.29, 0.717) is 0 Å². The van der Waals surface area contributed by atoms with Crippen LogP contribution in [-0.4, -0.2) is 6.21 Å². The Balaban J connectivity index is 2.97. The van der Waals surface area contributed by atoms with Crippen LogP contribution in [0.3, 0.4) is 0 Å². The van der Waals surface area contributed by atoms with Gasteiger partial charge in [-0.3, -0.25) is 0 Å². The average molecular weight is 97.1 g/mol. The maximum absolute atomic E-state index is 4.68. The normalized spacial score (nSPS) is 8.57. The Bertz CT molecular complexity index is 90.7. The summed E-state index contributed by atoms with van der Waals surface area (Å²) in [6.07, 6.45) is 9.03. The first kappa shape index (κ1) is 6.03. The summed E-state index contributed by atoms with van der Waals surface area (Å²) in [6.45, 7) is 1.95. The fourth-order valence-corrected chi connectivity index (χ4v) is 0.142. The molecule has 0 amide bonds. The molecule has 0 spiro atoms. The van der Waals surface area contributed by atoms with Gasteiger partial charge in [0.2, 0.25) is 0 Å². The third kappa shape index (κ3) is 5.03. The highest BCUT2D eigenvalue weighted by Gasteiger charge is 1.62. The van der Waals surface area contributed by atoms with Gasteiger partial charge >= 0.3 is 0 Å². The zero-order valence-corrected chi connectivity index (χ0v) is 4.22. The molecule has 0 aliphatic rings. The quantitative estimate of drug-likeness (QED) is 0.286. The Kier molecular flexibility index (Phi) is 4.33. The summed E-state index contributed by atoms with van der Waals surface area (Å²) in [5.74, 6) is 0. The fraction of sp³-hybridized carbons (Fsp3) is 0.400. The van der Waals surface area contributed by atoms with Crippen LogP contribution in [0.15, 0.2) is 5.16 Å². The standard InChI is InChI=1S/C5H7NO/c1-3-5-6-7-4-2/h2,5H,3H2,1H3/b6-5+. The summed E-state index contributed by atoms with van der Waals surface area (Å²) in [4.78, 5) is 4.17. The Morgan fingerprint density at radius 1 is 2.00 bits per heavy atom. The van der Waals surface area contributed by atoms with Gasteiger partial charge in [-0.15, -0.1) is 0 Å². The van der Waals surface area contributed by atoms with Crippen LogP contribution in [0.25, 0.3) is 0 Å². The third-order valence-corrected chi connectivity index (χ3v) is 0.363. The van der Waals surface area contributed by atoms with Crippen LogP contribution in [-0.2, 0) is 4.84 Å². The lowest BCUT2D eigenvalue weighted by Crippen LogP contribution is -1.68. The molecule has 0 rings (SSSR count). The molecule has 0 saturated carbocycles. The van der Waals surface area contributed by atoms with Crippen molar-refractivity contribution in [3.63, 3.8) is 0 Å². The first-order valence-corrected chi connectivity index (χ1v) is 2.05. The number of terminal acetylenes is 1. The summed E-state index contributed by atoms with van der Waals surface area (Å²) in [5, 5.41) is 3.35. The Hall–Kier alpha value is -0.970. The topological polar surface area (TPSA) is 21.6 Å². The first-order valence-electron chi connectivity index (χ1n) is 2.05. The number of nitrogens with zero attached hydrogens (tertiary/aromatic N) is 1. The molecule has 0 N–H and O–H groups in total. The van der Waals surface area contributed by atoms with Gasteiger partial charge in [0.15, 0.2) is 0 Å². The fourth-order valence-electron chi connectivity index (χ4n) is 0.142. The number of oxime groups is 1.